The van der Waals surface area contributed by atoms with Gasteiger partial charge in [-0.1, -0.05) is 88.3 Å². The number of pyridine rings is 1. The second-order valence-corrected chi connectivity index (χ2v) is 16.3. The van der Waals surface area contributed by atoms with Gasteiger partial charge in [-0.3, -0.25) is 9.78 Å². The van der Waals surface area contributed by atoms with Gasteiger partial charge in [0.05, 0.1) is 47.8 Å². The molecule has 4 N–H and O–H groups in total. The van der Waals surface area contributed by atoms with Gasteiger partial charge in [0.25, 0.3) is 0 Å². The Kier molecular flexibility index (Phi) is 13.3. The number of nitrogens with zero attached hydrogens (tertiary/aromatic N) is 5. The highest BCUT2D eigenvalue weighted by Gasteiger charge is 2.44. The largest absolute Gasteiger partial charge is 0.411 e. The van der Waals surface area contributed by atoms with Crippen molar-refractivity contribution in [2.24, 2.45) is 16.5 Å². The minimum atomic E-state index is -4.08. The molecule has 14 heteroatoms. The number of aliphatic hydroxyl groups is 2. The fourth-order valence-electron chi connectivity index (χ4n) is 6.26. The van der Waals surface area contributed by atoms with Crippen LogP contribution in [-0.2, 0) is 34.4 Å². The monoisotopic (exact) mass is 722 g/mol. The molecule has 0 radical (unpaired) electrons. The van der Waals surface area contributed by atoms with E-state index >= 15 is 0 Å². The number of carbonyl (C=O) groups is 2. The molecule has 1 aromatic heterocycles. The van der Waals surface area contributed by atoms with Crippen LogP contribution in [-0.4, -0.2) is 105 Å². The second kappa shape index (κ2) is 17.2. The summed E-state index contributed by atoms with van der Waals surface area (Å²) in [4.78, 5) is 35.6. The Balaban J connectivity index is 1.60. The molecule has 13 nitrogen and oxygen atoms in total. The lowest BCUT2D eigenvalue weighted by Crippen LogP contribution is -2.59. The van der Waals surface area contributed by atoms with Gasteiger partial charge in [-0.25, -0.2) is 13.2 Å². The number of sulfonamides is 1. The first-order valence-electron chi connectivity index (χ1n) is 17.0. The lowest BCUT2D eigenvalue weighted by molar-refractivity contribution is -0.130. The molecule has 276 valence electrons. The summed E-state index contributed by atoms with van der Waals surface area (Å²) in [5.41, 5.74) is 1.76. The van der Waals surface area contributed by atoms with Crippen LogP contribution in [0.15, 0.2) is 82.8 Å². The molecule has 4 rings (SSSR count). The number of rotatable bonds is 16. The lowest BCUT2D eigenvalue weighted by atomic mass is 9.84. The quantitative estimate of drug-likeness (QED) is 0.0988. The van der Waals surface area contributed by atoms with Crippen molar-refractivity contribution in [1.82, 2.24) is 24.4 Å². The molecule has 1 aliphatic rings. The smallest absolute Gasteiger partial charge is 0.321 e. The first-order chi connectivity index (χ1) is 24.1. The summed E-state index contributed by atoms with van der Waals surface area (Å²) in [5.74, 6) is -0.539. The lowest BCUT2D eigenvalue weighted by Gasteiger charge is -2.38. The van der Waals surface area contributed by atoms with E-state index in [1.807, 2.05) is 65.0 Å². The second-order valence-electron chi connectivity index (χ2n) is 14.3. The Morgan fingerprint density at radius 2 is 1.67 bits per heavy atom. The van der Waals surface area contributed by atoms with Gasteiger partial charge in [0, 0.05) is 26.2 Å². The zero-order valence-corrected chi connectivity index (χ0v) is 30.7. The maximum atomic E-state index is 14.3. The highest BCUT2D eigenvalue weighted by Crippen LogP contribution is 2.29. The Bertz CT molecular complexity index is 1750. The fourth-order valence-corrected chi connectivity index (χ4v) is 7.88. The zero-order valence-electron chi connectivity index (χ0n) is 29.9. The van der Waals surface area contributed by atoms with Crippen molar-refractivity contribution >= 4 is 28.2 Å². The summed E-state index contributed by atoms with van der Waals surface area (Å²) in [7, 11) is -4.08. The normalized spacial score (nSPS) is 15.9. The topological polar surface area (TPSA) is 176 Å². The van der Waals surface area contributed by atoms with E-state index in [4.69, 9.17) is 5.21 Å². The molecule has 1 fully saturated rings. The number of hydrogen-bond acceptors (Lipinski definition) is 9. The number of oxime groups is 1. The van der Waals surface area contributed by atoms with Crippen LogP contribution in [0.4, 0.5) is 4.79 Å². The number of nitrogens with one attached hydrogen (secondary N) is 1. The standard InChI is InChI=1S/C37H50N6O7S/c1-26(2)22-42(51(49,50)31-16-14-28(15-17-31)21-38-48)24-33(45)32(20-27-10-7-6-8-11-27)40-35(46)34(37(3,4)5)43-19-18-41(36(43)47)23-29-12-9-13-30(25-44)39-29/h6-17,21,26,32-34,44-45,48H,18-20,22-25H2,1-5H3,(H,40,46)/b38-21+/t32-,33+,34+/m0/s1. The number of hydrogen-bond donors (Lipinski definition) is 4. The van der Waals surface area contributed by atoms with E-state index in [1.54, 1.807) is 23.1 Å². The van der Waals surface area contributed by atoms with Crippen molar-refractivity contribution < 1.29 is 33.4 Å². The van der Waals surface area contributed by atoms with Crippen molar-refractivity contribution in [3.05, 3.63) is 95.3 Å². The molecule has 2 heterocycles. The van der Waals surface area contributed by atoms with Gasteiger partial charge in [0.2, 0.25) is 15.9 Å². The number of benzene rings is 2. The molecular formula is C37H50N6O7S. The third-order valence-electron chi connectivity index (χ3n) is 8.66. The van der Waals surface area contributed by atoms with Crippen LogP contribution in [0, 0.1) is 11.3 Å². The van der Waals surface area contributed by atoms with Gasteiger partial charge in [-0.15, -0.1) is 0 Å². The van der Waals surface area contributed by atoms with Gasteiger partial charge in [0.15, 0.2) is 0 Å². The summed E-state index contributed by atoms with van der Waals surface area (Å²) in [5, 5.41) is 36.1. The van der Waals surface area contributed by atoms with E-state index in [1.165, 1.54) is 39.7 Å². The van der Waals surface area contributed by atoms with E-state index < -0.39 is 39.5 Å². The summed E-state index contributed by atoms with van der Waals surface area (Å²) >= 11 is 0. The van der Waals surface area contributed by atoms with Gasteiger partial charge < -0.3 is 30.5 Å². The summed E-state index contributed by atoms with van der Waals surface area (Å²) in [6.45, 7) is 9.85. The third-order valence-corrected chi connectivity index (χ3v) is 10.5. The minimum Gasteiger partial charge on any atom is -0.411 e. The van der Waals surface area contributed by atoms with Crippen molar-refractivity contribution in [1.29, 1.82) is 0 Å². The number of amides is 3. The highest BCUT2D eigenvalue weighted by atomic mass is 32.2. The Morgan fingerprint density at radius 3 is 2.27 bits per heavy atom. The van der Waals surface area contributed by atoms with Crippen LogP contribution in [0.1, 0.15) is 57.1 Å². The molecule has 3 amide bonds. The van der Waals surface area contributed by atoms with Crippen LogP contribution >= 0.6 is 0 Å². The fraction of sp³-hybridized carbons (Fsp3) is 0.459. The van der Waals surface area contributed by atoms with Crippen molar-refractivity contribution in [3.8, 4) is 0 Å². The molecule has 0 aliphatic carbocycles. The van der Waals surface area contributed by atoms with Gasteiger partial charge in [-0.05, 0) is 53.1 Å². The molecule has 0 unspecified atom stereocenters. The molecule has 0 bridgehead atoms. The van der Waals surface area contributed by atoms with Crippen LogP contribution in [0.25, 0.3) is 0 Å². The molecule has 0 spiro atoms. The summed E-state index contributed by atoms with van der Waals surface area (Å²) in [6, 6.07) is 18.3. The first kappa shape index (κ1) is 39.4. The molecule has 1 saturated heterocycles. The van der Waals surface area contributed by atoms with Crippen LogP contribution < -0.4 is 5.32 Å². The average Bonchev–Trinajstić information content (AvgIpc) is 3.42. The van der Waals surface area contributed by atoms with Crippen molar-refractivity contribution in [3.63, 3.8) is 0 Å². The minimum absolute atomic E-state index is 0.0114. The number of aromatic nitrogens is 1. The summed E-state index contributed by atoms with van der Waals surface area (Å²) in [6.07, 6.45) is 0.0806. The van der Waals surface area contributed by atoms with Gasteiger partial charge in [-0.2, -0.15) is 4.31 Å². The first-order valence-corrected chi connectivity index (χ1v) is 18.5. The Hall–Kier alpha value is -4.37. The third kappa shape index (κ3) is 10.3. The predicted octanol–water partition coefficient (Wildman–Crippen LogP) is 3.47. The molecular weight excluding hydrogens is 673 g/mol. The number of urea groups is 1. The van der Waals surface area contributed by atoms with E-state index in [0.717, 1.165) is 5.56 Å². The molecule has 3 atom stereocenters. The average molecular weight is 723 g/mol. The van der Waals surface area contributed by atoms with Gasteiger partial charge >= 0.3 is 6.03 Å². The van der Waals surface area contributed by atoms with Crippen molar-refractivity contribution in [2.45, 2.75) is 77.3 Å². The molecule has 0 saturated carbocycles. The maximum absolute atomic E-state index is 14.3. The van der Waals surface area contributed by atoms with Gasteiger partial charge in [0.1, 0.15) is 6.04 Å². The van der Waals surface area contributed by atoms with Crippen LogP contribution in [0.3, 0.4) is 0 Å². The molecule has 2 aromatic carbocycles. The summed E-state index contributed by atoms with van der Waals surface area (Å²) < 4.78 is 29.0. The highest BCUT2D eigenvalue weighted by molar-refractivity contribution is 7.89. The number of carbonyl (C=O) groups excluding carboxylic acids is 2. The molecule has 51 heavy (non-hydrogen) atoms. The van der Waals surface area contributed by atoms with Crippen LogP contribution in [0.2, 0.25) is 0 Å². The van der Waals surface area contributed by atoms with E-state index in [0.29, 0.717) is 30.0 Å². The molecule has 3 aromatic rings. The number of aliphatic hydroxyl groups excluding tert-OH is 2. The Morgan fingerprint density at radius 1 is 1.00 bits per heavy atom. The zero-order chi connectivity index (χ0) is 37.3. The molecule has 1 aliphatic heterocycles. The maximum Gasteiger partial charge on any atom is 0.321 e. The van der Waals surface area contributed by atoms with Crippen molar-refractivity contribution in [2.75, 3.05) is 26.2 Å². The van der Waals surface area contributed by atoms with E-state index in [9.17, 15) is 28.2 Å². The SMILES string of the molecule is CC(C)CN(C[C@@H](O)[C@H](Cc1ccccc1)NC(=O)[C@@H](N1CCN(Cc2cccc(CO)n2)C1=O)C(C)(C)C)S(=O)(=O)c1ccc(/C=N/O)cc1. The van der Waals surface area contributed by atoms with E-state index in [2.05, 4.69) is 15.5 Å². The predicted molar refractivity (Wildman–Crippen MR) is 193 cm³/mol. The van der Waals surface area contributed by atoms with E-state index in [-0.39, 0.29) is 49.5 Å². The Labute approximate surface area is 300 Å². The van der Waals surface area contributed by atoms with Crippen LogP contribution in [0.5, 0.6) is 0 Å².